The Bertz CT molecular complexity index is 506. The summed E-state index contributed by atoms with van der Waals surface area (Å²) in [5, 5.41) is 22.6. The van der Waals surface area contributed by atoms with Crippen molar-refractivity contribution in [3.8, 4) is 0 Å². The first kappa shape index (κ1) is 14.7. The van der Waals surface area contributed by atoms with Crippen LogP contribution in [0.3, 0.4) is 0 Å². The van der Waals surface area contributed by atoms with E-state index in [1.54, 1.807) is 19.1 Å². The molecule has 0 saturated carbocycles. The molecule has 2 N–H and O–H groups in total. The number of rotatable bonds is 6. The van der Waals surface area contributed by atoms with Gasteiger partial charge >= 0.3 is 5.97 Å². The van der Waals surface area contributed by atoms with Gasteiger partial charge in [-0.25, -0.2) is 4.79 Å². The van der Waals surface area contributed by atoms with Crippen LogP contribution in [0.1, 0.15) is 26.7 Å². The highest BCUT2D eigenvalue weighted by Gasteiger charge is 2.12. The van der Waals surface area contributed by atoms with Crippen LogP contribution in [0, 0.1) is 10.1 Å². The van der Waals surface area contributed by atoms with Gasteiger partial charge in [-0.1, -0.05) is 13.8 Å². The van der Waals surface area contributed by atoms with Gasteiger partial charge in [0.05, 0.1) is 10.5 Å². The van der Waals surface area contributed by atoms with E-state index in [1.165, 1.54) is 12.1 Å². The lowest BCUT2D eigenvalue weighted by Crippen LogP contribution is -2.09. The maximum absolute atomic E-state index is 11.1. The lowest BCUT2D eigenvalue weighted by atomic mass is 10.1. The largest absolute Gasteiger partial charge is 0.478 e. The van der Waals surface area contributed by atoms with E-state index in [0.29, 0.717) is 29.8 Å². The number of nitrogens with zero attached hydrogens (tertiary/aromatic N) is 1. The SMILES string of the molecule is CCC(Nc1ccc([N+](=O)[O-])cc1)=C(CC)C(=O)O. The second-order valence-corrected chi connectivity index (χ2v) is 3.90. The Morgan fingerprint density at radius 3 is 2.21 bits per heavy atom. The Balaban J connectivity index is 2.99. The van der Waals surface area contributed by atoms with E-state index in [2.05, 4.69) is 5.32 Å². The fourth-order valence-electron chi connectivity index (χ4n) is 1.71. The molecule has 0 heterocycles. The van der Waals surface area contributed by atoms with Crippen molar-refractivity contribution in [2.24, 2.45) is 0 Å². The van der Waals surface area contributed by atoms with Crippen molar-refractivity contribution >= 4 is 17.3 Å². The van der Waals surface area contributed by atoms with E-state index < -0.39 is 10.9 Å². The molecule has 19 heavy (non-hydrogen) atoms. The van der Waals surface area contributed by atoms with E-state index in [1.807, 2.05) is 6.92 Å². The van der Waals surface area contributed by atoms with Gasteiger partial charge in [0, 0.05) is 23.5 Å². The number of aliphatic carboxylic acids is 1. The van der Waals surface area contributed by atoms with E-state index in [0.717, 1.165) is 0 Å². The predicted molar refractivity (Wildman–Crippen MR) is 72.0 cm³/mol. The number of nitro benzene ring substituents is 1. The van der Waals surface area contributed by atoms with E-state index in [9.17, 15) is 14.9 Å². The number of hydrogen-bond donors (Lipinski definition) is 2. The van der Waals surface area contributed by atoms with Crippen LogP contribution >= 0.6 is 0 Å². The molecular weight excluding hydrogens is 248 g/mol. The molecule has 102 valence electrons. The Kier molecular flexibility index (Phi) is 5.05. The second-order valence-electron chi connectivity index (χ2n) is 3.90. The molecule has 6 nitrogen and oxygen atoms in total. The summed E-state index contributed by atoms with van der Waals surface area (Å²) >= 11 is 0. The third kappa shape index (κ3) is 3.80. The van der Waals surface area contributed by atoms with Crippen LogP contribution in [0.25, 0.3) is 0 Å². The summed E-state index contributed by atoms with van der Waals surface area (Å²) in [6, 6.07) is 5.87. The average Bonchev–Trinajstić information content (AvgIpc) is 2.38. The average molecular weight is 264 g/mol. The lowest BCUT2D eigenvalue weighted by molar-refractivity contribution is -0.384. The van der Waals surface area contributed by atoms with Gasteiger partial charge in [0.25, 0.3) is 5.69 Å². The molecule has 0 aromatic heterocycles. The number of nitrogens with one attached hydrogen (secondary N) is 1. The Labute approximate surface area is 110 Å². The van der Waals surface area contributed by atoms with E-state index in [-0.39, 0.29) is 5.69 Å². The van der Waals surface area contributed by atoms with Crippen molar-refractivity contribution in [2.45, 2.75) is 26.7 Å². The number of benzene rings is 1. The summed E-state index contributed by atoms with van der Waals surface area (Å²) in [5.41, 5.74) is 1.57. The highest BCUT2D eigenvalue weighted by atomic mass is 16.6. The first-order valence-electron chi connectivity index (χ1n) is 5.96. The highest BCUT2D eigenvalue weighted by molar-refractivity contribution is 5.88. The zero-order valence-corrected chi connectivity index (χ0v) is 10.8. The number of carboxylic acid groups (broad SMARTS) is 1. The summed E-state index contributed by atoms with van der Waals surface area (Å²) in [6.07, 6.45) is 0.963. The number of non-ortho nitro benzene ring substituents is 1. The van der Waals surface area contributed by atoms with Crippen molar-refractivity contribution in [3.05, 3.63) is 45.6 Å². The van der Waals surface area contributed by atoms with Crippen molar-refractivity contribution < 1.29 is 14.8 Å². The van der Waals surface area contributed by atoms with Gasteiger partial charge in [-0.15, -0.1) is 0 Å². The minimum Gasteiger partial charge on any atom is -0.478 e. The summed E-state index contributed by atoms with van der Waals surface area (Å²) in [7, 11) is 0. The number of anilines is 1. The fraction of sp³-hybridized carbons (Fsp3) is 0.308. The Morgan fingerprint density at radius 2 is 1.84 bits per heavy atom. The van der Waals surface area contributed by atoms with Crippen LogP contribution in [0.5, 0.6) is 0 Å². The first-order chi connectivity index (χ1) is 8.99. The van der Waals surface area contributed by atoms with Gasteiger partial charge in [-0.2, -0.15) is 0 Å². The van der Waals surface area contributed by atoms with Gasteiger partial charge < -0.3 is 10.4 Å². The molecule has 0 radical (unpaired) electrons. The maximum atomic E-state index is 11.1. The zero-order valence-electron chi connectivity index (χ0n) is 10.8. The summed E-state index contributed by atoms with van der Waals surface area (Å²) in [6.45, 7) is 3.63. The smallest absolute Gasteiger partial charge is 0.333 e. The van der Waals surface area contributed by atoms with Crippen LogP contribution in [-0.4, -0.2) is 16.0 Å². The Hall–Kier alpha value is -2.37. The number of nitro groups is 1. The Morgan fingerprint density at radius 1 is 1.26 bits per heavy atom. The second kappa shape index (κ2) is 6.53. The molecule has 0 spiro atoms. The monoisotopic (exact) mass is 264 g/mol. The van der Waals surface area contributed by atoms with Crippen LogP contribution in [-0.2, 0) is 4.79 Å². The van der Waals surface area contributed by atoms with Crippen LogP contribution in [0.4, 0.5) is 11.4 Å². The molecule has 0 aliphatic rings. The molecule has 1 rings (SSSR count). The van der Waals surface area contributed by atoms with E-state index in [4.69, 9.17) is 5.11 Å². The quantitative estimate of drug-likeness (QED) is 0.467. The van der Waals surface area contributed by atoms with Crippen LogP contribution < -0.4 is 5.32 Å². The van der Waals surface area contributed by atoms with Gasteiger partial charge in [-0.3, -0.25) is 10.1 Å². The molecule has 0 saturated heterocycles. The molecule has 0 amide bonds. The molecular formula is C13H16N2O4. The van der Waals surface area contributed by atoms with Gasteiger partial charge in [0.2, 0.25) is 0 Å². The van der Waals surface area contributed by atoms with Gasteiger partial charge in [-0.05, 0) is 25.0 Å². The third-order valence-corrected chi connectivity index (χ3v) is 2.70. The minimum absolute atomic E-state index is 0.00141. The molecule has 0 fully saturated rings. The molecule has 1 aromatic rings. The third-order valence-electron chi connectivity index (χ3n) is 2.70. The fourth-order valence-corrected chi connectivity index (χ4v) is 1.71. The molecule has 0 aliphatic carbocycles. The normalized spacial score (nSPS) is 11.7. The van der Waals surface area contributed by atoms with Crippen molar-refractivity contribution in [3.63, 3.8) is 0 Å². The summed E-state index contributed by atoms with van der Waals surface area (Å²) in [5.74, 6) is -0.950. The maximum Gasteiger partial charge on any atom is 0.333 e. The summed E-state index contributed by atoms with van der Waals surface area (Å²) < 4.78 is 0. The molecule has 0 aliphatic heterocycles. The number of allylic oxidation sites excluding steroid dienone is 1. The molecule has 0 unspecified atom stereocenters. The number of carboxylic acids is 1. The molecule has 6 heteroatoms. The van der Waals surface area contributed by atoms with Gasteiger partial charge in [0.1, 0.15) is 0 Å². The number of carbonyl (C=O) groups is 1. The number of hydrogen-bond acceptors (Lipinski definition) is 4. The minimum atomic E-state index is -0.950. The topological polar surface area (TPSA) is 92.5 Å². The van der Waals surface area contributed by atoms with Crippen LogP contribution in [0.15, 0.2) is 35.5 Å². The van der Waals surface area contributed by atoms with Crippen LogP contribution in [0.2, 0.25) is 0 Å². The highest BCUT2D eigenvalue weighted by Crippen LogP contribution is 2.20. The molecule has 1 aromatic carbocycles. The van der Waals surface area contributed by atoms with Crippen molar-refractivity contribution in [1.82, 2.24) is 0 Å². The summed E-state index contributed by atoms with van der Waals surface area (Å²) in [4.78, 5) is 21.1. The van der Waals surface area contributed by atoms with Crippen molar-refractivity contribution in [2.75, 3.05) is 5.32 Å². The van der Waals surface area contributed by atoms with Crippen molar-refractivity contribution in [1.29, 1.82) is 0 Å². The van der Waals surface area contributed by atoms with Gasteiger partial charge in [0.15, 0.2) is 0 Å². The zero-order chi connectivity index (χ0) is 14.4. The predicted octanol–water partition coefficient (Wildman–Crippen LogP) is 3.17. The standard InChI is InChI=1S/C13H16N2O4/c1-3-11(13(16)17)12(4-2)14-9-5-7-10(8-6-9)15(18)19/h5-8,14H,3-4H2,1-2H3,(H,16,17). The lowest BCUT2D eigenvalue weighted by Gasteiger charge is -2.12. The molecule has 0 atom stereocenters. The van der Waals surface area contributed by atoms with E-state index >= 15 is 0 Å². The molecule has 0 bridgehead atoms. The first-order valence-corrected chi connectivity index (χ1v) is 5.96.